The number of nitrogens with zero attached hydrogens (tertiary/aromatic N) is 2. The molecule has 2 heterocycles. The van der Waals surface area contributed by atoms with Crippen molar-refractivity contribution in [2.24, 2.45) is 5.92 Å². The smallest absolute Gasteiger partial charge is 0.0857 e. The van der Waals surface area contributed by atoms with Gasteiger partial charge in [0.2, 0.25) is 0 Å². The number of aliphatic hydroxyl groups excluding tert-OH is 1. The van der Waals surface area contributed by atoms with Crippen LogP contribution in [0.2, 0.25) is 10.0 Å². The van der Waals surface area contributed by atoms with Crippen molar-refractivity contribution in [1.29, 1.82) is 0 Å². The number of aromatic nitrogens is 2. The number of benzene rings is 2. The van der Waals surface area contributed by atoms with Crippen LogP contribution in [-0.4, -0.2) is 39.9 Å². The molecule has 0 atom stereocenters. The van der Waals surface area contributed by atoms with Crippen LogP contribution in [0, 0.1) is 5.92 Å². The molecule has 1 aliphatic heterocycles. The molecule has 2 N–H and O–H groups in total. The Morgan fingerprint density at radius 2 is 1.88 bits per heavy atom. The van der Waals surface area contributed by atoms with Crippen molar-refractivity contribution in [2.75, 3.05) is 19.7 Å². The summed E-state index contributed by atoms with van der Waals surface area (Å²) in [5.41, 5.74) is 3.99. The molecule has 6 heteroatoms. The Morgan fingerprint density at radius 3 is 2.58 bits per heavy atom. The number of H-pyrrole nitrogens is 1. The molecule has 0 radical (unpaired) electrons. The molecule has 0 spiro atoms. The Morgan fingerprint density at radius 1 is 1.15 bits per heavy atom. The van der Waals surface area contributed by atoms with E-state index in [1.165, 1.54) is 5.56 Å². The normalized spacial score (nSPS) is 16.4. The molecule has 136 valence electrons. The maximum Gasteiger partial charge on any atom is 0.0857 e. The summed E-state index contributed by atoms with van der Waals surface area (Å²) < 4.78 is 0. The molecule has 4 nitrogen and oxygen atoms in total. The summed E-state index contributed by atoms with van der Waals surface area (Å²) in [4.78, 5) is 2.45. The molecule has 0 aliphatic carbocycles. The monoisotopic (exact) mass is 389 g/mol. The molecule has 1 saturated heterocycles. The highest BCUT2D eigenvalue weighted by molar-refractivity contribution is 6.42. The summed E-state index contributed by atoms with van der Waals surface area (Å²) in [7, 11) is 0. The van der Waals surface area contributed by atoms with E-state index in [1.807, 2.05) is 6.07 Å². The van der Waals surface area contributed by atoms with Crippen LogP contribution in [0.15, 0.2) is 36.5 Å². The van der Waals surface area contributed by atoms with Gasteiger partial charge in [0.25, 0.3) is 0 Å². The van der Waals surface area contributed by atoms with Crippen molar-refractivity contribution in [3.63, 3.8) is 0 Å². The first-order valence-corrected chi connectivity index (χ1v) is 9.65. The molecule has 1 aromatic heterocycles. The first kappa shape index (κ1) is 17.8. The molecule has 0 bridgehead atoms. The zero-order valence-electron chi connectivity index (χ0n) is 14.4. The van der Waals surface area contributed by atoms with Crippen LogP contribution in [0.5, 0.6) is 0 Å². The number of fused-ring (bicyclic) bond motifs is 1. The third-order valence-electron chi connectivity index (χ3n) is 5.26. The van der Waals surface area contributed by atoms with Crippen molar-refractivity contribution < 1.29 is 5.11 Å². The second-order valence-electron chi connectivity index (χ2n) is 6.98. The molecule has 0 amide bonds. The van der Waals surface area contributed by atoms with Gasteiger partial charge in [0.05, 0.1) is 21.8 Å². The third kappa shape index (κ3) is 3.47. The Balaban J connectivity index is 1.52. The quantitative estimate of drug-likeness (QED) is 0.677. The fourth-order valence-corrected chi connectivity index (χ4v) is 4.18. The molecule has 4 rings (SSSR count). The summed E-state index contributed by atoms with van der Waals surface area (Å²) in [5.74, 6) is 0.470. The SMILES string of the molecule is OCC1CCN(Cc2ccc(-c3cc(Cl)c4cn[nH]c4c3Cl)cc2)CC1. The number of aromatic amines is 1. The number of likely N-dealkylation sites (tertiary alicyclic amines) is 1. The van der Waals surface area contributed by atoms with Crippen LogP contribution < -0.4 is 0 Å². The van der Waals surface area contributed by atoms with E-state index in [2.05, 4.69) is 39.4 Å². The maximum atomic E-state index is 9.26. The predicted molar refractivity (Wildman–Crippen MR) is 107 cm³/mol. The lowest BCUT2D eigenvalue weighted by Gasteiger charge is -2.31. The zero-order chi connectivity index (χ0) is 18.1. The minimum absolute atomic E-state index is 0.312. The van der Waals surface area contributed by atoms with Gasteiger partial charge in [-0.25, -0.2) is 0 Å². The molecule has 1 aliphatic rings. The van der Waals surface area contributed by atoms with E-state index in [0.29, 0.717) is 22.6 Å². The first-order chi connectivity index (χ1) is 12.7. The molecule has 2 aromatic carbocycles. The van der Waals surface area contributed by atoms with Crippen molar-refractivity contribution in [1.82, 2.24) is 15.1 Å². The van der Waals surface area contributed by atoms with Crippen molar-refractivity contribution in [3.8, 4) is 11.1 Å². The van der Waals surface area contributed by atoms with Crippen LogP contribution in [0.4, 0.5) is 0 Å². The van der Waals surface area contributed by atoms with Crippen molar-refractivity contribution >= 4 is 34.1 Å². The second-order valence-corrected chi connectivity index (χ2v) is 7.76. The van der Waals surface area contributed by atoms with Gasteiger partial charge in [0.1, 0.15) is 0 Å². The Labute approximate surface area is 162 Å². The van der Waals surface area contributed by atoms with Crippen LogP contribution in [0.25, 0.3) is 22.0 Å². The standard InChI is InChI=1S/C20H21Cl2N3O/c21-18-9-16(19(22)20-17(18)10-23-24-20)15-3-1-13(2-4-15)11-25-7-5-14(12-26)6-8-25/h1-4,9-10,14,26H,5-8,11-12H2,(H,23,24). The van der Waals surface area contributed by atoms with E-state index >= 15 is 0 Å². The summed E-state index contributed by atoms with van der Waals surface area (Å²) in [5, 5.41) is 18.3. The third-order valence-corrected chi connectivity index (χ3v) is 5.97. The fourth-order valence-electron chi connectivity index (χ4n) is 3.62. The first-order valence-electron chi connectivity index (χ1n) is 8.89. The van der Waals surface area contributed by atoms with Gasteiger partial charge in [0, 0.05) is 24.1 Å². The summed E-state index contributed by atoms with van der Waals surface area (Å²) in [6.07, 6.45) is 3.84. The van der Waals surface area contributed by atoms with E-state index in [9.17, 15) is 5.11 Å². The highest BCUT2D eigenvalue weighted by Gasteiger charge is 2.18. The second kappa shape index (κ2) is 7.57. The number of piperidine rings is 1. The molecule has 0 unspecified atom stereocenters. The van der Waals surface area contributed by atoms with Gasteiger partial charge in [-0.3, -0.25) is 10.00 Å². The van der Waals surface area contributed by atoms with E-state index in [1.54, 1.807) is 6.20 Å². The minimum Gasteiger partial charge on any atom is -0.396 e. The van der Waals surface area contributed by atoms with Gasteiger partial charge >= 0.3 is 0 Å². The Hall–Kier alpha value is -1.59. The number of hydrogen-bond acceptors (Lipinski definition) is 3. The number of hydrogen-bond donors (Lipinski definition) is 2. The fraction of sp³-hybridized carbons (Fsp3) is 0.350. The highest BCUT2D eigenvalue weighted by atomic mass is 35.5. The minimum atomic E-state index is 0.312. The average molecular weight is 390 g/mol. The molecular formula is C20H21Cl2N3O. The number of halogens is 2. The number of aliphatic hydroxyl groups is 1. The van der Waals surface area contributed by atoms with Crippen LogP contribution in [0.1, 0.15) is 18.4 Å². The number of rotatable bonds is 4. The highest BCUT2D eigenvalue weighted by Crippen LogP contribution is 2.37. The molecule has 3 aromatic rings. The van der Waals surface area contributed by atoms with E-state index in [0.717, 1.165) is 54.5 Å². The zero-order valence-corrected chi connectivity index (χ0v) is 15.9. The lowest BCUT2D eigenvalue weighted by atomic mass is 9.97. The summed E-state index contributed by atoms with van der Waals surface area (Å²) in [6, 6.07) is 10.4. The molecule has 26 heavy (non-hydrogen) atoms. The van der Waals surface area contributed by atoms with Gasteiger partial charge in [-0.15, -0.1) is 0 Å². The van der Waals surface area contributed by atoms with Crippen molar-refractivity contribution in [3.05, 3.63) is 52.1 Å². The van der Waals surface area contributed by atoms with E-state index < -0.39 is 0 Å². The number of nitrogens with one attached hydrogen (secondary N) is 1. The van der Waals surface area contributed by atoms with Crippen LogP contribution in [-0.2, 0) is 6.54 Å². The van der Waals surface area contributed by atoms with Gasteiger partial charge in [-0.1, -0.05) is 47.5 Å². The maximum absolute atomic E-state index is 9.26. The average Bonchev–Trinajstić information content (AvgIpc) is 3.17. The lowest BCUT2D eigenvalue weighted by molar-refractivity contribution is 0.127. The van der Waals surface area contributed by atoms with Gasteiger partial charge in [-0.05, 0) is 49.0 Å². The predicted octanol–water partition coefficient (Wildman–Crippen LogP) is 4.74. The topological polar surface area (TPSA) is 52.1 Å². The van der Waals surface area contributed by atoms with Gasteiger partial charge in [-0.2, -0.15) is 5.10 Å². The lowest BCUT2D eigenvalue weighted by Crippen LogP contribution is -2.34. The molecule has 0 saturated carbocycles. The summed E-state index contributed by atoms with van der Waals surface area (Å²) in [6.45, 7) is 3.34. The molecular weight excluding hydrogens is 369 g/mol. The van der Waals surface area contributed by atoms with Gasteiger partial charge < -0.3 is 5.11 Å². The van der Waals surface area contributed by atoms with Crippen molar-refractivity contribution in [2.45, 2.75) is 19.4 Å². The largest absolute Gasteiger partial charge is 0.396 e. The van der Waals surface area contributed by atoms with E-state index in [4.69, 9.17) is 23.2 Å². The Kier molecular flexibility index (Phi) is 5.18. The van der Waals surface area contributed by atoms with Crippen LogP contribution >= 0.6 is 23.2 Å². The molecule has 1 fully saturated rings. The summed E-state index contributed by atoms with van der Waals surface area (Å²) >= 11 is 12.9. The van der Waals surface area contributed by atoms with Gasteiger partial charge in [0.15, 0.2) is 0 Å². The van der Waals surface area contributed by atoms with Crippen LogP contribution in [0.3, 0.4) is 0 Å². The Bertz CT molecular complexity index is 899. The van der Waals surface area contributed by atoms with E-state index in [-0.39, 0.29) is 0 Å².